The second-order valence-corrected chi connectivity index (χ2v) is 6.18. The first kappa shape index (κ1) is 12.1. The second-order valence-electron chi connectivity index (χ2n) is 6.18. The summed E-state index contributed by atoms with van der Waals surface area (Å²) in [6, 6.07) is 0. The highest BCUT2D eigenvalue weighted by atomic mass is 14.3. The summed E-state index contributed by atoms with van der Waals surface area (Å²) >= 11 is 0. The van der Waals surface area contributed by atoms with Crippen LogP contribution in [0.4, 0.5) is 0 Å². The summed E-state index contributed by atoms with van der Waals surface area (Å²) in [4.78, 5) is 0. The first-order chi connectivity index (χ1) is 6.53. The Hall–Kier alpha value is 0. The van der Waals surface area contributed by atoms with Gasteiger partial charge in [0.1, 0.15) is 0 Å². The van der Waals surface area contributed by atoms with E-state index in [1.165, 1.54) is 44.9 Å². The van der Waals surface area contributed by atoms with Crippen molar-refractivity contribution in [3.8, 4) is 0 Å². The van der Waals surface area contributed by atoms with Gasteiger partial charge in [0.2, 0.25) is 0 Å². The fraction of sp³-hybridized carbons (Fsp3) is 1.00. The molecule has 14 heavy (non-hydrogen) atoms. The summed E-state index contributed by atoms with van der Waals surface area (Å²) in [6.45, 7) is 9.56. The Kier molecular flexibility index (Phi) is 4.47. The van der Waals surface area contributed by atoms with Crippen molar-refractivity contribution in [2.24, 2.45) is 17.3 Å². The molecule has 0 atom stereocenters. The molecule has 0 bridgehead atoms. The maximum atomic E-state index is 2.42. The molecule has 1 saturated carbocycles. The summed E-state index contributed by atoms with van der Waals surface area (Å²) in [6.07, 6.45) is 10.2. The molecule has 0 saturated heterocycles. The number of rotatable bonds is 4. The van der Waals surface area contributed by atoms with Crippen molar-refractivity contribution in [1.82, 2.24) is 0 Å². The molecule has 0 heteroatoms. The molecule has 0 heterocycles. The quantitative estimate of drug-likeness (QED) is 0.591. The Morgan fingerprint density at radius 2 is 1.64 bits per heavy atom. The summed E-state index contributed by atoms with van der Waals surface area (Å²) in [7, 11) is 0. The fourth-order valence-corrected chi connectivity index (χ4v) is 2.39. The van der Waals surface area contributed by atoms with E-state index in [1.54, 1.807) is 0 Å². The maximum Gasteiger partial charge on any atom is -0.0357 e. The first-order valence-electron chi connectivity index (χ1n) is 6.53. The van der Waals surface area contributed by atoms with Crippen LogP contribution >= 0.6 is 0 Å². The lowest BCUT2D eigenvalue weighted by Gasteiger charge is -2.30. The van der Waals surface area contributed by atoms with Crippen LogP contribution in [0.5, 0.6) is 0 Å². The van der Waals surface area contributed by atoms with Gasteiger partial charge in [-0.1, -0.05) is 59.8 Å². The summed E-state index contributed by atoms with van der Waals surface area (Å²) < 4.78 is 0. The monoisotopic (exact) mass is 196 g/mol. The molecule has 0 unspecified atom stereocenters. The van der Waals surface area contributed by atoms with Gasteiger partial charge in [-0.3, -0.25) is 0 Å². The van der Waals surface area contributed by atoms with Gasteiger partial charge in [-0.15, -0.1) is 0 Å². The molecule has 0 spiro atoms. The van der Waals surface area contributed by atoms with Gasteiger partial charge in [-0.05, 0) is 30.1 Å². The molecule has 0 aliphatic heterocycles. The third kappa shape index (κ3) is 4.02. The van der Waals surface area contributed by atoms with Crippen molar-refractivity contribution in [2.45, 2.75) is 72.6 Å². The standard InChI is InChI=1S/C14H28/c1-5-14(3,4)11-10-13-8-6-12(2)7-9-13/h12-13H,5-11H2,1-4H3. The molecule has 1 aliphatic rings. The normalized spacial score (nSPS) is 29.1. The Bertz CT molecular complexity index is 149. The Labute approximate surface area is 90.5 Å². The molecule has 0 aromatic carbocycles. The van der Waals surface area contributed by atoms with Gasteiger partial charge in [0.15, 0.2) is 0 Å². The summed E-state index contributed by atoms with van der Waals surface area (Å²) in [5, 5.41) is 0. The third-order valence-electron chi connectivity index (χ3n) is 4.32. The molecule has 1 rings (SSSR count). The predicted octanol–water partition coefficient (Wildman–Crippen LogP) is 5.03. The SMILES string of the molecule is CCC(C)(C)CCC1CCC(C)CC1. The minimum atomic E-state index is 0.586. The van der Waals surface area contributed by atoms with E-state index in [1.807, 2.05) is 0 Å². The van der Waals surface area contributed by atoms with Crippen LogP contribution in [0.15, 0.2) is 0 Å². The minimum absolute atomic E-state index is 0.586. The molecule has 0 nitrogen and oxygen atoms in total. The van der Waals surface area contributed by atoms with Gasteiger partial charge < -0.3 is 0 Å². The molecule has 0 aromatic rings. The highest BCUT2D eigenvalue weighted by molar-refractivity contribution is 4.74. The van der Waals surface area contributed by atoms with E-state index < -0.39 is 0 Å². The topological polar surface area (TPSA) is 0 Å². The highest BCUT2D eigenvalue weighted by Crippen LogP contribution is 2.35. The van der Waals surface area contributed by atoms with E-state index in [4.69, 9.17) is 0 Å². The first-order valence-corrected chi connectivity index (χ1v) is 6.53. The van der Waals surface area contributed by atoms with Crippen molar-refractivity contribution in [3.63, 3.8) is 0 Å². The Balaban J connectivity index is 2.19. The maximum absolute atomic E-state index is 2.42. The van der Waals surface area contributed by atoms with E-state index in [0.717, 1.165) is 11.8 Å². The van der Waals surface area contributed by atoms with Crippen molar-refractivity contribution < 1.29 is 0 Å². The molecule has 0 radical (unpaired) electrons. The summed E-state index contributed by atoms with van der Waals surface area (Å²) in [5.74, 6) is 2.06. The van der Waals surface area contributed by atoms with Gasteiger partial charge in [0.05, 0.1) is 0 Å². The Morgan fingerprint density at radius 3 is 2.14 bits per heavy atom. The molecule has 1 fully saturated rings. The van der Waals surface area contributed by atoms with E-state index in [9.17, 15) is 0 Å². The van der Waals surface area contributed by atoms with Gasteiger partial charge in [0.25, 0.3) is 0 Å². The predicted molar refractivity (Wildman–Crippen MR) is 64.4 cm³/mol. The van der Waals surface area contributed by atoms with Gasteiger partial charge >= 0.3 is 0 Å². The van der Waals surface area contributed by atoms with E-state index in [0.29, 0.717) is 5.41 Å². The van der Waals surface area contributed by atoms with Crippen LogP contribution in [0.1, 0.15) is 72.6 Å². The lowest BCUT2D eigenvalue weighted by atomic mass is 9.76. The van der Waals surface area contributed by atoms with E-state index in [-0.39, 0.29) is 0 Å². The lowest BCUT2D eigenvalue weighted by Crippen LogP contribution is -2.16. The average Bonchev–Trinajstić information content (AvgIpc) is 2.17. The highest BCUT2D eigenvalue weighted by Gasteiger charge is 2.21. The molecular formula is C14H28. The van der Waals surface area contributed by atoms with E-state index in [2.05, 4.69) is 27.7 Å². The molecule has 1 aliphatic carbocycles. The van der Waals surface area contributed by atoms with Crippen LogP contribution in [-0.4, -0.2) is 0 Å². The fourth-order valence-electron chi connectivity index (χ4n) is 2.39. The molecule has 84 valence electrons. The van der Waals surface area contributed by atoms with Crippen LogP contribution in [0.3, 0.4) is 0 Å². The zero-order valence-electron chi connectivity index (χ0n) is 10.6. The largest absolute Gasteiger partial charge is 0.0649 e. The summed E-state index contributed by atoms with van der Waals surface area (Å²) in [5.41, 5.74) is 0.586. The third-order valence-corrected chi connectivity index (χ3v) is 4.32. The van der Waals surface area contributed by atoms with Gasteiger partial charge in [0, 0.05) is 0 Å². The molecule has 0 amide bonds. The zero-order valence-corrected chi connectivity index (χ0v) is 10.6. The van der Waals surface area contributed by atoms with Gasteiger partial charge in [-0.25, -0.2) is 0 Å². The van der Waals surface area contributed by atoms with Crippen molar-refractivity contribution >= 4 is 0 Å². The minimum Gasteiger partial charge on any atom is -0.0649 e. The van der Waals surface area contributed by atoms with Gasteiger partial charge in [-0.2, -0.15) is 0 Å². The van der Waals surface area contributed by atoms with Crippen LogP contribution < -0.4 is 0 Å². The van der Waals surface area contributed by atoms with Crippen LogP contribution in [-0.2, 0) is 0 Å². The number of hydrogen-bond acceptors (Lipinski definition) is 0. The Morgan fingerprint density at radius 1 is 1.07 bits per heavy atom. The van der Waals surface area contributed by atoms with Crippen LogP contribution in [0, 0.1) is 17.3 Å². The lowest BCUT2D eigenvalue weighted by molar-refractivity contribution is 0.227. The van der Waals surface area contributed by atoms with Crippen molar-refractivity contribution in [2.75, 3.05) is 0 Å². The van der Waals surface area contributed by atoms with Crippen molar-refractivity contribution in [1.29, 1.82) is 0 Å². The number of hydrogen-bond donors (Lipinski definition) is 0. The average molecular weight is 196 g/mol. The van der Waals surface area contributed by atoms with E-state index >= 15 is 0 Å². The smallest absolute Gasteiger partial charge is 0.0357 e. The molecular weight excluding hydrogens is 168 g/mol. The van der Waals surface area contributed by atoms with Crippen LogP contribution in [0.25, 0.3) is 0 Å². The van der Waals surface area contributed by atoms with Crippen LogP contribution in [0.2, 0.25) is 0 Å². The van der Waals surface area contributed by atoms with Crippen molar-refractivity contribution in [3.05, 3.63) is 0 Å². The molecule has 0 N–H and O–H groups in total. The molecule has 0 aromatic heterocycles. The second kappa shape index (κ2) is 5.19. The zero-order chi connectivity index (χ0) is 10.6.